The second kappa shape index (κ2) is 7.02. The fourth-order valence-electron chi connectivity index (χ4n) is 3.08. The Morgan fingerprint density at radius 3 is 2.37 bits per heavy atom. The molecule has 2 aliphatic rings. The number of rotatable bonds is 4. The third-order valence-corrected chi connectivity index (χ3v) is 5.89. The summed E-state index contributed by atoms with van der Waals surface area (Å²) in [4.78, 5) is 0. The Labute approximate surface area is 116 Å². The molecule has 1 unspecified atom stereocenters. The van der Waals surface area contributed by atoms with Crippen molar-refractivity contribution in [1.29, 1.82) is 0 Å². The first-order valence-corrected chi connectivity index (χ1v) is 8.94. The molecule has 1 heterocycles. The number of nitrogens with zero attached hydrogens (tertiary/aromatic N) is 1. The minimum absolute atomic E-state index is 0.0788. The van der Waals surface area contributed by atoms with E-state index in [1.807, 2.05) is 0 Å². The van der Waals surface area contributed by atoms with Crippen LogP contribution >= 0.6 is 0 Å². The Bertz CT molecular complexity index is 364. The van der Waals surface area contributed by atoms with Gasteiger partial charge in [-0.05, 0) is 31.6 Å². The largest absolute Gasteiger partial charge is 0.396 e. The van der Waals surface area contributed by atoms with E-state index >= 15 is 0 Å². The van der Waals surface area contributed by atoms with E-state index in [1.54, 1.807) is 0 Å². The predicted molar refractivity (Wildman–Crippen MR) is 74.9 cm³/mol. The Morgan fingerprint density at radius 1 is 1.05 bits per heavy atom. The Balaban J connectivity index is 1.92. The lowest BCUT2D eigenvalue weighted by Gasteiger charge is -2.32. The minimum atomic E-state index is -3.37. The third-order valence-electron chi connectivity index (χ3n) is 4.25. The van der Waals surface area contributed by atoms with Crippen molar-refractivity contribution < 1.29 is 13.5 Å². The van der Waals surface area contributed by atoms with Crippen LogP contribution in [0.2, 0.25) is 0 Å². The number of nitrogens with one attached hydrogen (secondary N) is 1. The molecule has 0 radical (unpaired) electrons. The molecule has 1 saturated carbocycles. The van der Waals surface area contributed by atoms with Crippen LogP contribution in [0, 0.1) is 5.92 Å². The summed E-state index contributed by atoms with van der Waals surface area (Å²) >= 11 is 0. The van der Waals surface area contributed by atoms with E-state index in [9.17, 15) is 13.5 Å². The minimum Gasteiger partial charge on any atom is -0.396 e. The highest BCUT2D eigenvalue weighted by atomic mass is 32.2. The second-order valence-corrected chi connectivity index (χ2v) is 7.56. The van der Waals surface area contributed by atoms with Gasteiger partial charge in [0.1, 0.15) is 0 Å². The first-order valence-electron chi connectivity index (χ1n) is 7.50. The lowest BCUT2D eigenvalue weighted by atomic mass is 10.0. The van der Waals surface area contributed by atoms with Crippen molar-refractivity contribution in [2.24, 2.45) is 5.92 Å². The first kappa shape index (κ1) is 15.2. The number of hydrogen-bond acceptors (Lipinski definition) is 3. The van der Waals surface area contributed by atoms with E-state index in [-0.39, 0.29) is 18.6 Å². The standard InChI is InChI=1S/C13H26N2O3S/c16-11-12-6-5-9-15(10-12)19(17,18)14-13-7-3-1-2-4-8-13/h12-14,16H,1-11H2. The first-order chi connectivity index (χ1) is 9.12. The van der Waals surface area contributed by atoms with Crippen molar-refractivity contribution in [2.75, 3.05) is 19.7 Å². The van der Waals surface area contributed by atoms with E-state index in [0.717, 1.165) is 38.5 Å². The van der Waals surface area contributed by atoms with Crippen LogP contribution in [0.3, 0.4) is 0 Å². The predicted octanol–water partition coefficient (Wildman–Crippen LogP) is 1.25. The lowest BCUT2D eigenvalue weighted by molar-refractivity contribution is 0.164. The molecule has 1 aliphatic heterocycles. The summed E-state index contributed by atoms with van der Waals surface area (Å²) in [7, 11) is -3.37. The van der Waals surface area contributed by atoms with Crippen LogP contribution in [0.1, 0.15) is 51.4 Å². The van der Waals surface area contributed by atoms with Gasteiger partial charge in [-0.1, -0.05) is 25.7 Å². The van der Waals surface area contributed by atoms with E-state index in [1.165, 1.54) is 17.1 Å². The highest BCUT2D eigenvalue weighted by Gasteiger charge is 2.30. The molecule has 1 aliphatic carbocycles. The zero-order valence-electron chi connectivity index (χ0n) is 11.6. The normalized spacial score (nSPS) is 28.2. The quantitative estimate of drug-likeness (QED) is 0.766. The second-order valence-electron chi connectivity index (χ2n) is 5.86. The van der Waals surface area contributed by atoms with E-state index in [0.29, 0.717) is 13.1 Å². The molecule has 112 valence electrons. The van der Waals surface area contributed by atoms with Crippen LogP contribution in [0.4, 0.5) is 0 Å². The van der Waals surface area contributed by atoms with Gasteiger partial charge in [0.15, 0.2) is 0 Å². The zero-order chi connectivity index (χ0) is 13.7. The van der Waals surface area contributed by atoms with Gasteiger partial charge in [-0.3, -0.25) is 0 Å². The zero-order valence-corrected chi connectivity index (χ0v) is 12.4. The summed E-state index contributed by atoms with van der Waals surface area (Å²) < 4.78 is 29.1. The number of aliphatic hydroxyl groups is 1. The molecule has 6 heteroatoms. The molecule has 2 N–H and O–H groups in total. The molecule has 0 aromatic rings. The van der Waals surface area contributed by atoms with Crippen LogP contribution < -0.4 is 4.72 Å². The maximum absolute atomic E-state index is 12.4. The summed E-state index contributed by atoms with van der Waals surface area (Å²) in [6, 6.07) is 0.0991. The van der Waals surface area contributed by atoms with E-state index < -0.39 is 10.2 Å². The molecular weight excluding hydrogens is 264 g/mol. The smallest absolute Gasteiger partial charge is 0.279 e. The summed E-state index contributed by atoms with van der Waals surface area (Å²) in [6.07, 6.45) is 8.34. The Hall–Kier alpha value is -0.170. The summed E-state index contributed by atoms with van der Waals surface area (Å²) in [5.41, 5.74) is 0. The van der Waals surface area contributed by atoms with Gasteiger partial charge in [0.2, 0.25) is 0 Å². The summed E-state index contributed by atoms with van der Waals surface area (Å²) in [6.45, 7) is 1.12. The van der Waals surface area contributed by atoms with Gasteiger partial charge in [-0.25, -0.2) is 0 Å². The van der Waals surface area contributed by atoms with Crippen LogP contribution in [0.5, 0.6) is 0 Å². The SMILES string of the molecule is O=S(=O)(NC1CCCCCC1)N1CCCC(CO)C1. The monoisotopic (exact) mass is 290 g/mol. The lowest BCUT2D eigenvalue weighted by Crippen LogP contribution is -2.49. The fourth-order valence-corrected chi connectivity index (χ4v) is 4.66. The van der Waals surface area contributed by atoms with Gasteiger partial charge in [0, 0.05) is 25.7 Å². The summed E-state index contributed by atoms with van der Waals surface area (Å²) in [5, 5.41) is 9.19. The molecule has 0 amide bonds. The van der Waals surface area contributed by atoms with Gasteiger partial charge < -0.3 is 5.11 Å². The molecule has 0 aromatic carbocycles. The fraction of sp³-hybridized carbons (Fsp3) is 1.00. The van der Waals surface area contributed by atoms with Crippen molar-refractivity contribution in [2.45, 2.75) is 57.4 Å². The summed E-state index contributed by atoms with van der Waals surface area (Å²) in [5.74, 6) is 0.0967. The Morgan fingerprint density at radius 2 is 1.74 bits per heavy atom. The molecule has 1 saturated heterocycles. The van der Waals surface area contributed by atoms with Crippen molar-refractivity contribution in [3.8, 4) is 0 Å². The molecule has 19 heavy (non-hydrogen) atoms. The molecule has 5 nitrogen and oxygen atoms in total. The topological polar surface area (TPSA) is 69.6 Å². The van der Waals surface area contributed by atoms with Gasteiger partial charge in [-0.15, -0.1) is 0 Å². The van der Waals surface area contributed by atoms with Crippen molar-refractivity contribution in [3.63, 3.8) is 0 Å². The molecule has 0 bridgehead atoms. The van der Waals surface area contributed by atoms with Crippen LogP contribution in [0.25, 0.3) is 0 Å². The Kier molecular flexibility index (Phi) is 5.62. The molecule has 2 rings (SSSR count). The molecule has 0 aromatic heterocycles. The van der Waals surface area contributed by atoms with Crippen molar-refractivity contribution >= 4 is 10.2 Å². The molecule has 1 atom stereocenters. The van der Waals surface area contributed by atoms with Gasteiger partial charge in [0.05, 0.1) is 0 Å². The maximum atomic E-state index is 12.4. The van der Waals surface area contributed by atoms with Crippen molar-refractivity contribution in [1.82, 2.24) is 9.03 Å². The number of aliphatic hydroxyl groups excluding tert-OH is 1. The average Bonchev–Trinajstić information content (AvgIpc) is 2.67. The average molecular weight is 290 g/mol. The van der Waals surface area contributed by atoms with E-state index in [2.05, 4.69) is 4.72 Å². The third kappa shape index (κ3) is 4.41. The molecule has 0 spiro atoms. The van der Waals surface area contributed by atoms with Crippen LogP contribution in [-0.4, -0.2) is 43.6 Å². The number of hydrogen-bond donors (Lipinski definition) is 2. The van der Waals surface area contributed by atoms with Crippen LogP contribution in [-0.2, 0) is 10.2 Å². The van der Waals surface area contributed by atoms with Gasteiger partial charge in [-0.2, -0.15) is 17.4 Å². The highest BCUT2D eigenvalue weighted by molar-refractivity contribution is 7.87. The van der Waals surface area contributed by atoms with Gasteiger partial charge in [0.25, 0.3) is 10.2 Å². The van der Waals surface area contributed by atoms with Crippen molar-refractivity contribution in [3.05, 3.63) is 0 Å². The maximum Gasteiger partial charge on any atom is 0.279 e. The van der Waals surface area contributed by atoms with E-state index in [4.69, 9.17) is 0 Å². The van der Waals surface area contributed by atoms with Crippen LogP contribution in [0.15, 0.2) is 0 Å². The highest BCUT2D eigenvalue weighted by Crippen LogP contribution is 2.21. The van der Waals surface area contributed by atoms with Gasteiger partial charge >= 0.3 is 0 Å². The molecule has 2 fully saturated rings. The molecular formula is C13H26N2O3S. The number of piperidine rings is 1.